The summed E-state index contributed by atoms with van der Waals surface area (Å²) in [4.78, 5) is 8.66. The maximum absolute atomic E-state index is 11.1. The van der Waals surface area contributed by atoms with Crippen molar-refractivity contribution < 1.29 is 14.6 Å². The van der Waals surface area contributed by atoms with Gasteiger partial charge in [0.05, 0.1) is 30.3 Å². The molecule has 0 aliphatic heterocycles. The summed E-state index contributed by atoms with van der Waals surface area (Å²) in [5.41, 5.74) is 1.54. The number of phenolic OH excluding ortho intramolecular Hbond substituents is 1. The van der Waals surface area contributed by atoms with E-state index in [2.05, 4.69) is 15.3 Å². The maximum Gasteiger partial charge on any atom is 0.162 e. The lowest BCUT2D eigenvalue weighted by Crippen LogP contribution is -2.15. The zero-order valence-electron chi connectivity index (χ0n) is 16.8. The highest BCUT2D eigenvalue weighted by Gasteiger charge is 2.25. The number of hydrogen-bond donors (Lipinski definition) is 2. The smallest absolute Gasteiger partial charge is 0.162 e. The van der Waals surface area contributed by atoms with Gasteiger partial charge in [0.2, 0.25) is 0 Å². The largest absolute Gasteiger partial charge is 0.505 e. The van der Waals surface area contributed by atoms with Crippen LogP contribution in [0.2, 0.25) is 10.0 Å². The summed E-state index contributed by atoms with van der Waals surface area (Å²) in [6, 6.07) is 13.6. The van der Waals surface area contributed by atoms with Crippen molar-refractivity contribution in [1.29, 1.82) is 0 Å². The van der Waals surface area contributed by atoms with Gasteiger partial charge >= 0.3 is 0 Å². The van der Waals surface area contributed by atoms with Crippen molar-refractivity contribution in [2.24, 2.45) is 0 Å². The van der Waals surface area contributed by atoms with Gasteiger partial charge in [-0.3, -0.25) is 4.98 Å². The highest BCUT2D eigenvalue weighted by molar-refractivity contribution is 6.35. The van der Waals surface area contributed by atoms with E-state index in [4.69, 9.17) is 32.7 Å². The Kier molecular flexibility index (Phi) is 6.02. The van der Waals surface area contributed by atoms with Crippen LogP contribution in [-0.4, -0.2) is 29.3 Å². The van der Waals surface area contributed by atoms with Crippen molar-refractivity contribution in [3.8, 4) is 17.2 Å². The number of aromatic nitrogens is 2. The van der Waals surface area contributed by atoms with Crippen LogP contribution in [0.25, 0.3) is 10.9 Å². The third kappa shape index (κ3) is 4.04. The van der Waals surface area contributed by atoms with E-state index >= 15 is 0 Å². The summed E-state index contributed by atoms with van der Waals surface area (Å²) in [6.07, 6.45) is 3.27. The first kappa shape index (κ1) is 21.0. The van der Waals surface area contributed by atoms with E-state index in [0.717, 1.165) is 0 Å². The summed E-state index contributed by atoms with van der Waals surface area (Å²) in [6.45, 7) is 0. The van der Waals surface area contributed by atoms with Gasteiger partial charge in [-0.05, 0) is 36.4 Å². The fourth-order valence-corrected chi connectivity index (χ4v) is 3.97. The normalized spacial score (nSPS) is 11.9. The average molecular weight is 456 g/mol. The molecule has 0 bridgehead atoms. The van der Waals surface area contributed by atoms with Crippen molar-refractivity contribution in [2.75, 3.05) is 19.5 Å². The predicted octanol–water partition coefficient (Wildman–Crippen LogP) is 5.86. The second kappa shape index (κ2) is 8.88. The third-order valence-electron chi connectivity index (χ3n) is 4.93. The van der Waals surface area contributed by atoms with Crippen LogP contribution in [0.5, 0.6) is 17.2 Å². The number of nitrogens with zero attached hydrogens (tertiary/aromatic N) is 2. The first-order chi connectivity index (χ1) is 15.0. The average Bonchev–Trinajstić information content (AvgIpc) is 2.80. The Balaban J connectivity index is 1.95. The number of nitrogens with one attached hydrogen (secondary N) is 1. The molecule has 1 unspecified atom stereocenters. The molecule has 158 valence electrons. The Morgan fingerprint density at radius 1 is 0.871 bits per heavy atom. The molecule has 0 amide bonds. The van der Waals surface area contributed by atoms with Gasteiger partial charge in [0, 0.05) is 35.0 Å². The van der Waals surface area contributed by atoms with Crippen LogP contribution < -0.4 is 14.8 Å². The molecular weight excluding hydrogens is 437 g/mol. The van der Waals surface area contributed by atoms with Gasteiger partial charge in [-0.25, -0.2) is 4.98 Å². The first-order valence-electron chi connectivity index (χ1n) is 9.38. The molecule has 0 fully saturated rings. The van der Waals surface area contributed by atoms with Gasteiger partial charge in [-0.1, -0.05) is 29.3 Å². The lowest BCUT2D eigenvalue weighted by atomic mass is 9.95. The molecule has 2 N–H and O–H groups in total. The molecule has 0 radical (unpaired) electrons. The molecule has 2 heterocycles. The molecule has 4 aromatic rings. The fourth-order valence-electron chi connectivity index (χ4n) is 3.44. The quantitative estimate of drug-likeness (QED) is 0.379. The molecule has 1 atom stereocenters. The van der Waals surface area contributed by atoms with E-state index in [1.165, 1.54) is 7.11 Å². The monoisotopic (exact) mass is 455 g/mol. The minimum absolute atomic E-state index is 0.000664. The maximum atomic E-state index is 11.1. The number of rotatable bonds is 6. The third-order valence-corrected chi connectivity index (χ3v) is 5.57. The van der Waals surface area contributed by atoms with Crippen LogP contribution >= 0.6 is 23.2 Å². The highest BCUT2D eigenvalue weighted by Crippen LogP contribution is 2.43. The Bertz CT molecular complexity index is 1240. The Morgan fingerprint density at radius 2 is 1.61 bits per heavy atom. The minimum atomic E-state index is -0.605. The number of hydrogen-bond acceptors (Lipinski definition) is 6. The van der Waals surface area contributed by atoms with Crippen LogP contribution in [0.1, 0.15) is 17.2 Å². The highest BCUT2D eigenvalue weighted by atomic mass is 35.5. The van der Waals surface area contributed by atoms with Gasteiger partial charge in [0.1, 0.15) is 17.1 Å². The molecule has 31 heavy (non-hydrogen) atoms. The van der Waals surface area contributed by atoms with E-state index in [9.17, 15) is 5.11 Å². The molecular formula is C23H19Cl2N3O3. The van der Waals surface area contributed by atoms with Crippen molar-refractivity contribution in [3.63, 3.8) is 0 Å². The van der Waals surface area contributed by atoms with E-state index in [1.807, 2.05) is 18.2 Å². The van der Waals surface area contributed by atoms with Gasteiger partial charge in [-0.15, -0.1) is 0 Å². The number of phenols is 1. The molecule has 2 aromatic carbocycles. The molecule has 8 heteroatoms. The van der Waals surface area contributed by atoms with Crippen LogP contribution in [0.4, 0.5) is 5.82 Å². The van der Waals surface area contributed by atoms with Crippen LogP contribution in [0, 0.1) is 0 Å². The SMILES string of the molecule is COc1cc(Cl)c(C(Nc2ccccn2)c2cc(Cl)c3cccnc3c2O)cc1OC. The Morgan fingerprint density at radius 3 is 2.32 bits per heavy atom. The van der Waals surface area contributed by atoms with Gasteiger partial charge in [0.15, 0.2) is 11.5 Å². The summed E-state index contributed by atoms with van der Waals surface area (Å²) in [5, 5.41) is 16.0. The number of halogens is 2. The number of fused-ring (bicyclic) bond motifs is 1. The Labute approximate surface area is 189 Å². The number of ether oxygens (including phenoxy) is 2. The summed E-state index contributed by atoms with van der Waals surface area (Å²) >= 11 is 13.2. The molecule has 6 nitrogen and oxygen atoms in total. The number of anilines is 1. The lowest BCUT2D eigenvalue weighted by Gasteiger charge is -2.24. The van der Waals surface area contributed by atoms with Gasteiger partial charge in [0.25, 0.3) is 0 Å². The van der Waals surface area contributed by atoms with Gasteiger partial charge in [-0.2, -0.15) is 0 Å². The topological polar surface area (TPSA) is 76.5 Å². The summed E-state index contributed by atoms with van der Waals surface area (Å²) in [5.74, 6) is 1.59. The summed E-state index contributed by atoms with van der Waals surface area (Å²) in [7, 11) is 3.09. The minimum Gasteiger partial charge on any atom is -0.505 e. The molecule has 0 aliphatic rings. The van der Waals surface area contributed by atoms with Crippen LogP contribution in [0.15, 0.2) is 60.9 Å². The number of aromatic hydroxyl groups is 1. The molecule has 0 saturated carbocycles. The lowest BCUT2D eigenvalue weighted by molar-refractivity contribution is 0.354. The number of benzene rings is 2. The standard InChI is InChI=1S/C23H19Cl2N3O3/c1-30-18-11-14(17(25)12-19(18)31-2)21(28-20-7-3-4-8-26-20)15-10-16(24)13-6-5-9-27-22(13)23(15)29/h3-12,21,29H,1-2H3,(H,26,28). The van der Waals surface area contributed by atoms with Crippen molar-refractivity contribution in [2.45, 2.75) is 6.04 Å². The second-order valence-corrected chi connectivity index (χ2v) is 7.53. The number of methoxy groups -OCH3 is 2. The van der Waals surface area contributed by atoms with Crippen molar-refractivity contribution in [1.82, 2.24) is 9.97 Å². The first-order valence-corrected chi connectivity index (χ1v) is 10.1. The molecule has 0 saturated heterocycles. The van der Waals surface area contributed by atoms with E-state index in [-0.39, 0.29) is 5.75 Å². The molecule has 0 spiro atoms. The van der Waals surface area contributed by atoms with E-state index in [0.29, 0.717) is 49.4 Å². The van der Waals surface area contributed by atoms with Crippen LogP contribution in [0.3, 0.4) is 0 Å². The zero-order chi connectivity index (χ0) is 22.0. The predicted molar refractivity (Wildman–Crippen MR) is 123 cm³/mol. The second-order valence-electron chi connectivity index (χ2n) is 6.72. The molecule has 0 aliphatic carbocycles. The van der Waals surface area contributed by atoms with Crippen LogP contribution in [-0.2, 0) is 0 Å². The van der Waals surface area contributed by atoms with Crippen molar-refractivity contribution >= 4 is 39.9 Å². The van der Waals surface area contributed by atoms with E-state index < -0.39 is 6.04 Å². The van der Waals surface area contributed by atoms with Gasteiger partial charge < -0.3 is 19.9 Å². The zero-order valence-corrected chi connectivity index (χ0v) is 18.3. The number of pyridine rings is 2. The van der Waals surface area contributed by atoms with E-state index in [1.54, 1.807) is 49.8 Å². The Hall–Kier alpha value is -3.22. The molecule has 4 rings (SSSR count). The molecule has 2 aromatic heterocycles. The summed E-state index contributed by atoms with van der Waals surface area (Å²) < 4.78 is 10.8. The van der Waals surface area contributed by atoms with Crippen molar-refractivity contribution in [3.05, 3.63) is 82.1 Å². The fraction of sp³-hybridized carbons (Fsp3) is 0.130.